The van der Waals surface area contributed by atoms with E-state index in [-0.39, 0.29) is 23.6 Å². The predicted molar refractivity (Wildman–Crippen MR) is 57.8 cm³/mol. The van der Waals surface area contributed by atoms with E-state index in [0.717, 1.165) is 12.3 Å². The summed E-state index contributed by atoms with van der Waals surface area (Å²) in [5.74, 6) is -0.532. The monoisotopic (exact) mass is 222 g/mol. The van der Waals surface area contributed by atoms with Gasteiger partial charge in [-0.05, 0) is 6.07 Å². The van der Waals surface area contributed by atoms with Crippen molar-refractivity contribution in [2.45, 2.75) is 0 Å². The van der Waals surface area contributed by atoms with E-state index in [9.17, 15) is 14.9 Å². The van der Waals surface area contributed by atoms with Gasteiger partial charge in [0.2, 0.25) is 0 Å². The van der Waals surface area contributed by atoms with Gasteiger partial charge in [-0.2, -0.15) is 0 Å². The molecule has 0 aliphatic carbocycles. The summed E-state index contributed by atoms with van der Waals surface area (Å²) >= 11 is 0. The fourth-order valence-electron chi connectivity index (χ4n) is 1.05. The molecule has 3 N–H and O–H groups in total. The van der Waals surface area contributed by atoms with E-state index in [4.69, 9.17) is 5.73 Å². The van der Waals surface area contributed by atoms with E-state index in [1.807, 2.05) is 0 Å². The first kappa shape index (κ1) is 11.6. The Hall–Kier alpha value is -2.44. The molecule has 0 saturated heterocycles. The number of rotatable bonds is 4. The SMILES string of the molecule is C=CCNC(=O)c1cc(N)ncc1[N+](=O)[O-]. The summed E-state index contributed by atoms with van der Waals surface area (Å²) in [6, 6.07) is 1.16. The van der Waals surface area contributed by atoms with E-state index in [1.165, 1.54) is 6.08 Å². The molecule has 16 heavy (non-hydrogen) atoms. The van der Waals surface area contributed by atoms with Gasteiger partial charge in [-0.3, -0.25) is 14.9 Å². The van der Waals surface area contributed by atoms with Crippen molar-refractivity contribution in [1.29, 1.82) is 0 Å². The van der Waals surface area contributed by atoms with Crippen molar-refractivity contribution < 1.29 is 9.72 Å². The van der Waals surface area contributed by atoms with Crippen molar-refractivity contribution in [3.05, 3.63) is 40.6 Å². The highest BCUT2D eigenvalue weighted by molar-refractivity contribution is 5.98. The first-order valence-electron chi connectivity index (χ1n) is 4.35. The second kappa shape index (κ2) is 4.87. The molecular weight excluding hydrogens is 212 g/mol. The quantitative estimate of drug-likeness (QED) is 0.437. The number of nitrogens with zero attached hydrogens (tertiary/aromatic N) is 2. The van der Waals surface area contributed by atoms with Crippen LogP contribution in [0.1, 0.15) is 10.4 Å². The summed E-state index contributed by atoms with van der Waals surface area (Å²) in [4.78, 5) is 25.0. The van der Waals surface area contributed by atoms with Crippen LogP contribution in [0.15, 0.2) is 24.9 Å². The van der Waals surface area contributed by atoms with Gasteiger partial charge in [-0.15, -0.1) is 6.58 Å². The lowest BCUT2D eigenvalue weighted by atomic mass is 10.2. The number of nitro groups is 1. The van der Waals surface area contributed by atoms with Gasteiger partial charge in [0, 0.05) is 6.54 Å². The minimum atomic E-state index is -0.685. The van der Waals surface area contributed by atoms with Crippen molar-refractivity contribution >= 4 is 17.4 Å². The summed E-state index contributed by atoms with van der Waals surface area (Å²) in [7, 11) is 0. The first-order valence-corrected chi connectivity index (χ1v) is 4.35. The van der Waals surface area contributed by atoms with Crippen LogP contribution in [-0.4, -0.2) is 22.4 Å². The highest BCUT2D eigenvalue weighted by Crippen LogP contribution is 2.18. The molecule has 1 aromatic rings. The molecule has 0 radical (unpaired) electrons. The zero-order valence-corrected chi connectivity index (χ0v) is 8.34. The molecule has 0 bridgehead atoms. The topological polar surface area (TPSA) is 111 Å². The van der Waals surface area contributed by atoms with Crippen molar-refractivity contribution in [3.8, 4) is 0 Å². The van der Waals surface area contributed by atoms with Gasteiger partial charge in [0.05, 0.1) is 4.92 Å². The highest BCUT2D eigenvalue weighted by Gasteiger charge is 2.20. The smallest absolute Gasteiger partial charge is 0.300 e. The average molecular weight is 222 g/mol. The Morgan fingerprint density at radius 1 is 1.75 bits per heavy atom. The van der Waals surface area contributed by atoms with E-state index in [0.29, 0.717) is 0 Å². The van der Waals surface area contributed by atoms with Crippen LogP contribution < -0.4 is 11.1 Å². The summed E-state index contributed by atoms with van der Waals surface area (Å²) in [5, 5.41) is 13.1. The Balaban J connectivity index is 3.09. The lowest BCUT2D eigenvalue weighted by Gasteiger charge is -2.03. The minimum Gasteiger partial charge on any atom is -0.384 e. The van der Waals surface area contributed by atoms with E-state index >= 15 is 0 Å². The van der Waals surface area contributed by atoms with Crippen molar-refractivity contribution in [1.82, 2.24) is 10.3 Å². The van der Waals surface area contributed by atoms with E-state index in [1.54, 1.807) is 0 Å². The number of carbonyl (C=O) groups excluding carboxylic acids is 1. The number of amides is 1. The Kier molecular flexibility index (Phi) is 3.54. The number of pyridine rings is 1. The largest absolute Gasteiger partial charge is 0.384 e. The molecule has 7 nitrogen and oxygen atoms in total. The number of nitrogen functional groups attached to an aromatic ring is 1. The van der Waals surface area contributed by atoms with Gasteiger partial charge >= 0.3 is 0 Å². The summed E-state index contributed by atoms with van der Waals surface area (Å²) in [6.07, 6.45) is 2.42. The van der Waals surface area contributed by atoms with Crippen LogP contribution in [0.4, 0.5) is 11.5 Å². The maximum absolute atomic E-state index is 11.5. The predicted octanol–water partition coefficient (Wildman–Crippen LogP) is 0.488. The number of hydrogen-bond acceptors (Lipinski definition) is 5. The molecule has 0 unspecified atom stereocenters. The van der Waals surface area contributed by atoms with Gasteiger partial charge in [0.1, 0.15) is 17.6 Å². The number of aromatic nitrogens is 1. The van der Waals surface area contributed by atoms with Crippen LogP contribution in [0.5, 0.6) is 0 Å². The molecule has 0 aliphatic rings. The molecule has 84 valence electrons. The van der Waals surface area contributed by atoms with Crippen LogP contribution >= 0.6 is 0 Å². The Bertz CT molecular complexity index is 444. The van der Waals surface area contributed by atoms with Gasteiger partial charge in [0.25, 0.3) is 11.6 Å². The highest BCUT2D eigenvalue weighted by atomic mass is 16.6. The molecule has 0 aliphatic heterocycles. The van der Waals surface area contributed by atoms with Crippen LogP contribution in [0.3, 0.4) is 0 Å². The lowest BCUT2D eigenvalue weighted by Crippen LogP contribution is -2.24. The average Bonchev–Trinajstić information content (AvgIpc) is 2.25. The fraction of sp³-hybridized carbons (Fsp3) is 0.111. The van der Waals surface area contributed by atoms with Gasteiger partial charge in [0.15, 0.2) is 0 Å². The van der Waals surface area contributed by atoms with Gasteiger partial charge in [-0.1, -0.05) is 6.08 Å². The third kappa shape index (κ3) is 2.53. The normalized spacial score (nSPS) is 9.50. The molecule has 1 rings (SSSR count). The molecule has 7 heteroatoms. The van der Waals surface area contributed by atoms with E-state index < -0.39 is 10.8 Å². The van der Waals surface area contributed by atoms with Crippen LogP contribution in [0.2, 0.25) is 0 Å². The zero-order valence-electron chi connectivity index (χ0n) is 8.34. The fourth-order valence-corrected chi connectivity index (χ4v) is 1.05. The zero-order chi connectivity index (χ0) is 12.1. The summed E-state index contributed by atoms with van der Waals surface area (Å²) in [5.41, 5.74) is 4.87. The summed E-state index contributed by atoms with van der Waals surface area (Å²) in [6.45, 7) is 3.64. The van der Waals surface area contributed by atoms with Crippen molar-refractivity contribution in [2.75, 3.05) is 12.3 Å². The molecule has 0 atom stereocenters. The lowest BCUT2D eigenvalue weighted by molar-refractivity contribution is -0.385. The molecule has 1 aromatic heterocycles. The maximum Gasteiger partial charge on any atom is 0.300 e. The van der Waals surface area contributed by atoms with Crippen molar-refractivity contribution in [3.63, 3.8) is 0 Å². The maximum atomic E-state index is 11.5. The number of nitrogens with one attached hydrogen (secondary N) is 1. The van der Waals surface area contributed by atoms with Gasteiger partial charge < -0.3 is 11.1 Å². The van der Waals surface area contributed by atoms with E-state index in [2.05, 4.69) is 16.9 Å². The minimum absolute atomic E-state index is 0.0503. The second-order valence-corrected chi connectivity index (χ2v) is 2.88. The molecule has 0 saturated carbocycles. The third-order valence-electron chi connectivity index (χ3n) is 1.75. The van der Waals surface area contributed by atoms with Crippen LogP contribution in [0, 0.1) is 10.1 Å². The molecular formula is C9H10N4O3. The molecule has 0 spiro atoms. The Morgan fingerprint density at radius 2 is 2.44 bits per heavy atom. The standard InChI is InChI=1S/C9H10N4O3/c1-2-3-11-9(14)6-4-8(10)12-5-7(6)13(15)16/h2,4-5H,1,3H2,(H2,10,12)(H,11,14). The van der Waals surface area contributed by atoms with Crippen LogP contribution in [0.25, 0.3) is 0 Å². The molecule has 1 amide bonds. The molecule has 0 aromatic carbocycles. The second-order valence-electron chi connectivity index (χ2n) is 2.88. The molecule has 0 fully saturated rings. The number of anilines is 1. The van der Waals surface area contributed by atoms with Gasteiger partial charge in [-0.25, -0.2) is 4.98 Å². The first-order chi connectivity index (χ1) is 7.56. The third-order valence-corrected chi connectivity index (χ3v) is 1.75. The van der Waals surface area contributed by atoms with Crippen molar-refractivity contribution in [2.24, 2.45) is 0 Å². The Morgan fingerprint density at radius 3 is 3.00 bits per heavy atom. The summed E-state index contributed by atoms with van der Waals surface area (Å²) < 4.78 is 0. The Labute approximate surface area is 91.1 Å². The molecule has 1 heterocycles. The number of carbonyl (C=O) groups is 1. The number of nitrogens with two attached hydrogens (primary N) is 1. The van der Waals surface area contributed by atoms with Crippen LogP contribution in [-0.2, 0) is 0 Å². The number of hydrogen-bond donors (Lipinski definition) is 2.